The lowest BCUT2D eigenvalue weighted by molar-refractivity contribution is 0.104. The summed E-state index contributed by atoms with van der Waals surface area (Å²) in [5, 5.41) is 1.66. The molecule has 0 spiro atoms. The number of allylic oxidation sites excluding steroid dienone is 1. The molecule has 1 aromatic heterocycles. The van der Waals surface area contributed by atoms with E-state index in [1.165, 1.54) is 12.1 Å². The van der Waals surface area contributed by atoms with Gasteiger partial charge in [-0.2, -0.15) is 0 Å². The number of carbonyl (C=O) groups excluding carboxylic acids is 1. The predicted molar refractivity (Wildman–Crippen MR) is 92.3 cm³/mol. The van der Waals surface area contributed by atoms with Crippen LogP contribution < -0.4 is 5.63 Å². The Kier molecular flexibility index (Phi) is 4.33. The third-order valence-corrected chi connectivity index (χ3v) is 3.71. The van der Waals surface area contributed by atoms with Gasteiger partial charge in [-0.3, -0.25) is 4.79 Å². The first kappa shape index (κ1) is 15.5. The van der Waals surface area contributed by atoms with Crippen molar-refractivity contribution in [2.45, 2.75) is 0 Å². The lowest BCUT2D eigenvalue weighted by Gasteiger charge is -2.00. The fourth-order valence-corrected chi connectivity index (χ4v) is 2.52. The minimum absolute atomic E-state index is 0.0435. The summed E-state index contributed by atoms with van der Waals surface area (Å²) in [5.41, 5.74) is 0.424. The van der Waals surface area contributed by atoms with E-state index in [-0.39, 0.29) is 5.56 Å². The topological polar surface area (TPSA) is 47.3 Å². The smallest absolute Gasteiger partial charge is 0.347 e. The lowest BCUT2D eigenvalue weighted by atomic mass is 10.1. The quantitative estimate of drug-likeness (QED) is 0.381. The monoisotopic (exact) mass is 344 g/mol. The second kappa shape index (κ2) is 6.41. The predicted octanol–water partition coefficient (Wildman–Crippen LogP) is 5.00. The molecule has 0 saturated heterocycles. The Bertz CT molecular complexity index is 987. The number of benzene rings is 2. The molecule has 0 amide bonds. The van der Waals surface area contributed by atoms with Crippen LogP contribution in [-0.2, 0) is 0 Å². The van der Waals surface area contributed by atoms with Crippen LogP contribution in [0.2, 0.25) is 10.0 Å². The van der Waals surface area contributed by atoms with E-state index in [0.29, 0.717) is 21.0 Å². The standard InChI is InChI=1S/C18H10Cl2O3/c19-13-3-1-2-11(8-13)4-6-16(21)15-10-12-9-14(20)5-7-17(12)23-18(15)22/h1-10H/b6-4+. The molecule has 0 radical (unpaired) electrons. The van der Waals surface area contributed by atoms with Crippen molar-refractivity contribution >= 4 is 46.0 Å². The second-order valence-corrected chi connectivity index (χ2v) is 5.76. The molecule has 3 rings (SSSR count). The maximum Gasteiger partial charge on any atom is 0.347 e. The average molecular weight is 345 g/mol. The molecule has 5 heteroatoms. The van der Waals surface area contributed by atoms with Crippen LogP contribution in [0.4, 0.5) is 0 Å². The molecule has 2 aromatic carbocycles. The first-order chi connectivity index (χ1) is 11.0. The maximum atomic E-state index is 12.2. The summed E-state index contributed by atoms with van der Waals surface area (Å²) in [6.45, 7) is 0. The number of ketones is 1. The highest BCUT2D eigenvalue weighted by Gasteiger charge is 2.11. The highest BCUT2D eigenvalue weighted by atomic mass is 35.5. The van der Waals surface area contributed by atoms with Crippen molar-refractivity contribution in [1.29, 1.82) is 0 Å². The molecule has 0 N–H and O–H groups in total. The number of carbonyl (C=O) groups is 1. The maximum absolute atomic E-state index is 12.2. The van der Waals surface area contributed by atoms with Crippen LogP contribution in [0.3, 0.4) is 0 Å². The Balaban J connectivity index is 1.97. The van der Waals surface area contributed by atoms with Crippen molar-refractivity contribution in [2.24, 2.45) is 0 Å². The van der Waals surface area contributed by atoms with Gasteiger partial charge in [0.25, 0.3) is 0 Å². The Labute approximate surface area is 141 Å². The van der Waals surface area contributed by atoms with Crippen LogP contribution in [0, 0.1) is 0 Å². The largest absolute Gasteiger partial charge is 0.422 e. The Morgan fingerprint density at radius 2 is 1.78 bits per heavy atom. The van der Waals surface area contributed by atoms with Gasteiger partial charge in [0.05, 0.1) is 0 Å². The number of hydrogen-bond donors (Lipinski definition) is 0. The fraction of sp³-hybridized carbons (Fsp3) is 0. The van der Waals surface area contributed by atoms with E-state index < -0.39 is 11.4 Å². The van der Waals surface area contributed by atoms with Crippen molar-refractivity contribution in [3.63, 3.8) is 0 Å². The lowest BCUT2D eigenvalue weighted by Crippen LogP contribution is -2.11. The van der Waals surface area contributed by atoms with Crippen LogP contribution in [-0.4, -0.2) is 5.78 Å². The van der Waals surface area contributed by atoms with Crippen LogP contribution in [0.25, 0.3) is 17.0 Å². The van der Waals surface area contributed by atoms with Gasteiger partial charge in [-0.25, -0.2) is 4.79 Å². The molecule has 0 aliphatic rings. The van der Waals surface area contributed by atoms with Gasteiger partial charge < -0.3 is 4.42 Å². The molecule has 3 aromatic rings. The van der Waals surface area contributed by atoms with Gasteiger partial charge in [-0.1, -0.05) is 41.4 Å². The van der Waals surface area contributed by atoms with Crippen molar-refractivity contribution in [2.75, 3.05) is 0 Å². The fourth-order valence-electron chi connectivity index (χ4n) is 2.14. The van der Waals surface area contributed by atoms with E-state index in [0.717, 1.165) is 5.56 Å². The van der Waals surface area contributed by atoms with Gasteiger partial charge in [0.15, 0.2) is 5.78 Å². The summed E-state index contributed by atoms with van der Waals surface area (Å²) in [6, 6.07) is 13.4. The van der Waals surface area contributed by atoms with Gasteiger partial charge >= 0.3 is 5.63 Å². The molecule has 0 saturated carbocycles. The van der Waals surface area contributed by atoms with Crippen LogP contribution in [0.5, 0.6) is 0 Å². The van der Waals surface area contributed by atoms with E-state index in [1.54, 1.807) is 48.5 Å². The molecular formula is C18H10Cl2O3. The van der Waals surface area contributed by atoms with E-state index in [2.05, 4.69) is 0 Å². The summed E-state index contributed by atoms with van der Waals surface area (Å²) in [4.78, 5) is 24.2. The van der Waals surface area contributed by atoms with Gasteiger partial charge in [0.2, 0.25) is 0 Å². The van der Waals surface area contributed by atoms with Crippen molar-refractivity contribution in [3.8, 4) is 0 Å². The summed E-state index contributed by atoms with van der Waals surface area (Å²) in [6.07, 6.45) is 2.91. The normalized spacial score (nSPS) is 11.2. The molecule has 0 fully saturated rings. The Hall–Kier alpha value is -2.36. The molecule has 1 heterocycles. The van der Waals surface area contributed by atoms with Crippen molar-refractivity contribution in [3.05, 3.63) is 86.2 Å². The zero-order valence-corrected chi connectivity index (χ0v) is 13.3. The number of rotatable bonds is 3. The first-order valence-corrected chi connectivity index (χ1v) is 7.50. The summed E-state index contributed by atoms with van der Waals surface area (Å²) >= 11 is 11.8. The van der Waals surface area contributed by atoms with Crippen molar-refractivity contribution < 1.29 is 9.21 Å². The van der Waals surface area contributed by atoms with E-state index >= 15 is 0 Å². The highest BCUT2D eigenvalue weighted by molar-refractivity contribution is 6.31. The van der Waals surface area contributed by atoms with Crippen molar-refractivity contribution in [1.82, 2.24) is 0 Å². The van der Waals surface area contributed by atoms with Gasteiger partial charge in [0, 0.05) is 15.4 Å². The molecule has 23 heavy (non-hydrogen) atoms. The summed E-state index contributed by atoms with van der Waals surface area (Å²) < 4.78 is 5.15. The van der Waals surface area contributed by atoms with Crippen LogP contribution >= 0.6 is 23.2 Å². The molecule has 0 aliphatic carbocycles. The van der Waals surface area contributed by atoms with Crippen LogP contribution in [0.1, 0.15) is 15.9 Å². The zero-order chi connectivity index (χ0) is 16.4. The third-order valence-electron chi connectivity index (χ3n) is 3.24. The molecule has 0 atom stereocenters. The van der Waals surface area contributed by atoms with E-state index in [1.807, 2.05) is 0 Å². The number of halogens is 2. The Morgan fingerprint density at radius 1 is 1.00 bits per heavy atom. The molecule has 114 valence electrons. The third kappa shape index (κ3) is 3.52. The molecular weight excluding hydrogens is 335 g/mol. The van der Waals surface area contributed by atoms with Crippen LogP contribution in [0.15, 0.2) is 63.8 Å². The first-order valence-electron chi connectivity index (χ1n) is 6.74. The summed E-state index contributed by atoms with van der Waals surface area (Å²) in [5.74, 6) is -0.444. The minimum atomic E-state index is -0.680. The molecule has 0 aliphatic heterocycles. The second-order valence-electron chi connectivity index (χ2n) is 4.88. The van der Waals surface area contributed by atoms with E-state index in [4.69, 9.17) is 27.6 Å². The SMILES string of the molecule is O=C(/C=C/c1cccc(Cl)c1)c1cc2cc(Cl)ccc2oc1=O. The average Bonchev–Trinajstić information content (AvgIpc) is 2.52. The minimum Gasteiger partial charge on any atom is -0.422 e. The molecule has 0 unspecified atom stereocenters. The molecule has 0 bridgehead atoms. The highest BCUT2D eigenvalue weighted by Crippen LogP contribution is 2.19. The molecule has 3 nitrogen and oxygen atoms in total. The van der Waals surface area contributed by atoms with Gasteiger partial charge in [-0.05, 0) is 48.0 Å². The summed E-state index contributed by atoms with van der Waals surface area (Å²) in [7, 11) is 0. The Morgan fingerprint density at radius 3 is 2.57 bits per heavy atom. The van der Waals surface area contributed by atoms with Gasteiger partial charge in [-0.15, -0.1) is 0 Å². The van der Waals surface area contributed by atoms with Gasteiger partial charge in [0.1, 0.15) is 11.1 Å². The zero-order valence-electron chi connectivity index (χ0n) is 11.8. The number of fused-ring (bicyclic) bond motifs is 1. The number of hydrogen-bond acceptors (Lipinski definition) is 3. The van der Waals surface area contributed by atoms with E-state index in [9.17, 15) is 9.59 Å².